The van der Waals surface area contributed by atoms with Crippen molar-refractivity contribution in [2.75, 3.05) is 11.9 Å². The molecule has 5 heteroatoms. The van der Waals surface area contributed by atoms with Crippen LogP contribution >= 0.6 is 11.3 Å². The van der Waals surface area contributed by atoms with Gasteiger partial charge in [0, 0.05) is 21.5 Å². The van der Waals surface area contributed by atoms with E-state index < -0.39 is 0 Å². The van der Waals surface area contributed by atoms with E-state index in [0.717, 1.165) is 10.4 Å². The fourth-order valence-electron chi connectivity index (χ4n) is 1.79. The van der Waals surface area contributed by atoms with Crippen LogP contribution in [0.25, 0.3) is 0 Å². The van der Waals surface area contributed by atoms with Crippen molar-refractivity contribution in [3.63, 3.8) is 0 Å². The largest absolute Gasteiger partial charge is 0.324 e. The molecule has 0 spiro atoms. The third-order valence-corrected chi connectivity index (χ3v) is 4.19. The van der Waals surface area contributed by atoms with E-state index in [2.05, 4.69) is 5.32 Å². The summed E-state index contributed by atoms with van der Waals surface area (Å²) in [4.78, 5) is 24.7. The van der Waals surface area contributed by atoms with Crippen LogP contribution in [0.15, 0.2) is 29.6 Å². The van der Waals surface area contributed by atoms with Crippen molar-refractivity contribution in [2.24, 2.45) is 5.73 Å². The van der Waals surface area contributed by atoms with Crippen LogP contribution < -0.4 is 11.1 Å². The number of thiophene rings is 1. The monoisotopic (exact) mass is 288 g/mol. The second-order valence-corrected chi connectivity index (χ2v) is 5.57. The zero-order chi connectivity index (χ0) is 14.7. The minimum atomic E-state index is -0.134. The molecule has 0 atom stereocenters. The van der Waals surface area contributed by atoms with Gasteiger partial charge in [0.05, 0.1) is 12.1 Å². The van der Waals surface area contributed by atoms with E-state index in [4.69, 9.17) is 5.73 Å². The van der Waals surface area contributed by atoms with Crippen LogP contribution in [0.1, 0.15) is 31.2 Å². The molecule has 0 saturated heterocycles. The van der Waals surface area contributed by atoms with Gasteiger partial charge in [0.25, 0.3) is 5.91 Å². The number of carbonyl (C=O) groups excluding carboxylic acids is 2. The second kappa shape index (κ2) is 5.98. The normalized spacial score (nSPS) is 10.3. The Morgan fingerprint density at radius 2 is 1.85 bits per heavy atom. The fourth-order valence-corrected chi connectivity index (χ4v) is 2.66. The zero-order valence-electron chi connectivity index (χ0n) is 11.4. The van der Waals surface area contributed by atoms with Crippen molar-refractivity contribution in [2.45, 2.75) is 13.8 Å². The van der Waals surface area contributed by atoms with Gasteiger partial charge in [-0.3, -0.25) is 9.59 Å². The second-order valence-electron chi connectivity index (χ2n) is 4.49. The average Bonchev–Trinajstić information content (AvgIpc) is 2.79. The summed E-state index contributed by atoms with van der Waals surface area (Å²) in [6.45, 7) is 3.91. The molecular formula is C15H16N2O2S. The predicted molar refractivity (Wildman–Crippen MR) is 81.6 cm³/mol. The summed E-state index contributed by atoms with van der Waals surface area (Å²) in [6, 6.07) is 6.73. The molecule has 1 aromatic carbocycles. The highest BCUT2D eigenvalue weighted by atomic mass is 32.1. The molecule has 2 aromatic rings. The average molecular weight is 288 g/mol. The number of rotatable bonds is 4. The molecule has 3 N–H and O–H groups in total. The molecule has 4 nitrogen and oxygen atoms in total. The van der Waals surface area contributed by atoms with Gasteiger partial charge in [0.1, 0.15) is 0 Å². The first-order valence-corrected chi connectivity index (χ1v) is 7.10. The summed E-state index contributed by atoms with van der Waals surface area (Å²) in [5, 5.41) is 4.68. The lowest BCUT2D eigenvalue weighted by Crippen LogP contribution is -2.14. The Hall–Kier alpha value is -1.98. The van der Waals surface area contributed by atoms with Gasteiger partial charge in [-0.15, -0.1) is 11.3 Å². The third-order valence-electron chi connectivity index (χ3n) is 3.18. The predicted octanol–water partition coefficient (Wildman–Crippen LogP) is 2.76. The van der Waals surface area contributed by atoms with Crippen molar-refractivity contribution in [3.8, 4) is 0 Å². The topological polar surface area (TPSA) is 72.2 Å². The molecule has 2 rings (SSSR count). The van der Waals surface area contributed by atoms with E-state index in [1.807, 2.05) is 19.2 Å². The van der Waals surface area contributed by atoms with Crippen LogP contribution in [0.5, 0.6) is 0 Å². The van der Waals surface area contributed by atoms with Gasteiger partial charge in [0.15, 0.2) is 5.78 Å². The molecular weight excluding hydrogens is 272 g/mol. The number of aryl methyl sites for hydroxylation is 1. The lowest BCUT2D eigenvalue weighted by molar-refractivity contribution is 0.0999. The maximum absolute atomic E-state index is 12.1. The van der Waals surface area contributed by atoms with Crippen LogP contribution in [-0.2, 0) is 0 Å². The van der Waals surface area contributed by atoms with E-state index in [-0.39, 0.29) is 18.2 Å². The third kappa shape index (κ3) is 2.95. The molecule has 0 fully saturated rings. The molecule has 0 aliphatic heterocycles. The van der Waals surface area contributed by atoms with E-state index in [0.29, 0.717) is 16.8 Å². The molecule has 0 bridgehead atoms. The highest BCUT2D eigenvalue weighted by Gasteiger charge is 2.12. The molecule has 0 aliphatic rings. The summed E-state index contributed by atoms with van der Waals surface area (Å²) >= 11 is 1.56. The van der Waals surface area contributed by atoms with E-state index in [1.165, 1.54) is 0 Å². The number of nitrogens with one attached hydrogen (secondary N) is 1. The lowest BCUT2D eigenvalue weighted by Gasteiger charge is -2.06. The van der Waals surface area contributed by atoms with Crippen molar-refractivity contribution >= 4 is 28.7 Å². The number of anilines is 1. The first-order chi connectivity index (χ1) is 9.52. The maximum atomic E-state index is 12.1. The summed E-state index contributed by atoms with van der Waals surface area (Å²) in [7, 11) is 0. The molecule has 1 heterocycles. The molecule has 1 aromatic heterocycles. The summed E-state index contributed by atoms with van der Waals surface area (Å²) in [5.74, 6) is -0.253. The Morgan fingerprint density at radius 3 is 2.35 bits per heavy atom. The Balaban J connectivity index is 2.12. The molecule has 20 heavy (non-hydrogen) atoms. The zero-order valence-corrected chi connectivity index (χ0v) is 12.2. The van der Waals surface area contributed by atoms with Crippen LogP contribution in [-0.4, -0.2) is 18.2 Å². The summed E-state index contributed by atoms with van der Waals surface area (Å²) in [6.07, 6.45) is 0. The van der Waals surface area contributed by atoms with Gasteiger partial charge in [-0.1, -0.05) is 0 Å². The number of Topliss-reactive ketones (excluding diaryl/α,β-unsaturated/α-hetero) is 1. The van der Waals surface area contributed by atoms with Gasteiger partial charge in [-0.25, -0.2) is 0 Å². The number of carbonyl (C=O) groups is 2. The van der Waals surface area contributed by atoms with E-state index in [9.17, 15) is 9.59 Å². The van der Waals surface area contributed by atoms with Gasteiger partial charge >= 0.3 is 0 Å². The Kier molecular flexibility index (Phi) is 4.32. The smallest absolute Gasteiger partial charge is 0.256 e. The Labute approximate surface area is 121 Å². The first-order valence-electron chi connectivity index (χ1n) is 6.22. The molecule has 104 valence electrons. The van der Waals surface area contributed by atoms with Crippen LogP contribution in [0, 0.1) is 13.8 Å². The van der Waals surface area contributed by atoms with Crippen LogP contribution in [0.3, 0.4) is 0 Å². The van der Waals surface area contributed by atoms with Crippen molar-refractivity contribution in [3.05, 3.63) is 51.2 Å². The maximum Gasteiger partial charge on any atom is 0.256 e. The minimum Gasteiger partial charge on any atom is -0.324 e. The highest BCUT2D eigenvalue weighted by Crippen LogP contribution is 2.21. The number of amides is 1. The minimum absolute atomic E-state index is 0.0148. The van der Waals surface area contributed by atoms with Gasteiger partial charge in [-0.2, -0.15) is 0 Å². The lowest BCUT2D eigenvalue weighted by atomic mass is 10.1. The highest BCUT2D eigenvalue weighted by molar-refractivity contribution is 7.10. The summed E-state index contributed by atoms with van der Waals surface area (Å²) in [5.41, 5.74) is 8.20. The van der Waals surface area contributed by atoms with Crippen molar-refractivity contribution < 1.29 is 9.59 Å². The van der Waals surface area contributed by atoms with Crippen molar-refractivity contribution in [1.82, 2.24) is 0 Å². The number of hydrogen-bond acceptors (Lipinski definition) is 4. The number of hydrogen-bond donors (Lipinski definition) is 2. The van der Waals surface area contributed by atoms with Crippen LogP contribution in [0.2, 0.25) is 0 Å². The van der Waals surface area contributed by atoms with Gasteiger partial charge < -0.3 is 11.1 Å². The molecule has 0 unspecified atom stereocenters. The molecule has 0 radical (unpaired) electrons. The number of ketones is 1. The quantitative estimate of drug-likeness (QED) is 0.850. The number of nitrogens with two attached hydrogens (primary N) is 1. The molecule has 1 amide bonds. The Bertz CT molecular complexity index is 644. The standard InChI is InChI=1S/C15H16N2O2S/c1-9-10(2)20-8-13(9)15(19)17-12-5-3-11(4-6-12)14(18)7-16/h3-6,8H,7,16H2,1-2H3,(H,17,19). The number of benzene rings is 1. The van der Waals surface area contributed by atoms with Gasteiger partial charge in [0.2, 0.25) is 0 Å². The summed E-state index contributed by atoms with van der Waals surface area (Å²) < 4.78 is 0. The fraction of sp³-hybridized carbons (Fsp3) is 0.200. The SMILES string of the molecule is Cc1scc(C(=O)Nc2ccc(C(=O)CN)cc2)c1C. The van der Waals surface area contributed by atoms with E-state index in [1.54, 1.807) is 35.6 Å². The first kappa shape index (κ1) is 14.4. The van der Waals surface area contributed by atoms with Gasteiger partial charge in [-0.05, 0) is 43.7 Å². The Morgan fingerprint density at radius 1 is 1.20 bits per heavy atom. The van der Waals surface area contributed by atoms with Crippen molar-refractivity contribution in [1.29, 1.82) is 0 Å². The van der Waals surface area contributed by atoms with Crippen LogP contribution in [0.4, 0.5) is 5.69 Å². The van der Waals surface area contributed by atoms with E-state index >= 15 is 0 Å². The molecule has 0 saturated carbocycles. The molecule has 0 aliphatic carbocycles.